The summed E-state index contributed by atoms with van der Waals surface area (Å²) in [5.41, 5.74) is 3.78. The average molecular weight is 401 g/mol. The number of methoxy groups -OCH3 is 1. The number of nitrogens with zero attached hydrogens (tertiary/aromatic N) is 1. The molecule has 148 valence electrons. The Morgan fingerprint density at radius 2 is 1.93 bits per heavy atom. The normalized spacial score (nSPS) is 12.9. The SMILES string of the molecule is CNC(=O)c1c(NC(=O)c2cc(C)ccc2C)sc2c1CCN(C(=O)OC)C2. The van der Waals surface area contributed by atoms with Gasteiger partial charge in [-0.2, -0.15) is 0 Å². The fourth-order valence-corrected chi connectivity index (χ4v) is 4.55. The van der Waals surface area contributed by atoms with Crippen LogP contribution < -0.4 is 10.6 Å². The van der Waals surface area contributed by atoms with Gasteiger partial charge in [0.05, 0.1) is 19.2 Å². The largest absolute Gasteiger partial charge is 0.453 e. The number of hydrogen-bond acceptors (Lipinski definition) is 5. The number of fused-ring (bicyclic) bond motifs is 1. The van der Waals surface area contributed by atoms with E-state index in [1.54, 1.807) is 11.9 Å². The summed E-state index contributed by atoms with van der Waals surface area (Å²) in [6, 6.07) is 5.68. The number of thiophene rings is 1. The number of hydrogen-bond donors (Lipinski definition) is 2. The Balaban J connectivity index is 1.96. The summed E-state index contributed by atoms with van der Waals surface area (Å²) in [6.07, 6.45) is 0.129. The van der Waals surface area contributed by atoms with E-state index in [2.05, 4.69) is 10.6 Å². The monoisotopic (exact) mass is 401 g/mol. The fraction of sp³-hybridized carbons (Fsp3) is 0.350. The molecule has 2 heterocycles. The number of nitrogens with one attached hydrogen (secondary N) is 2. The Hall–Kier alpha value is -2.87. The van der Waals surface area contributed by atoms with Crippen molar-refractivity contribution in [3.05, 3.63) is 50.9 Å². The van der Waals surface area contributed by atoms with Crippen molar-refractivity contribution in [1.82, 2.24) is 10.2 Å². The molecule has 1 aliphatic heterocycles. The lowest BCUT2D eigenvalue weighted by atomic mass is 10.0. The van der Waals surface area contributed by atoms with Crippen LogP contribution in [0.4, 0.5) is 9.80 Å². The van der Waals surface area contributed by atoms with Crippen LogP contribution in [-0.2, 0) is 17.7 Å². The van der Waals surface area contributed by atoms with Crippen molar-refractivity contribution in [2.45, 2.75) is 26.8 Å². The van der Waals surface area contributed by atoms with Crippen molar-refractivity contribution in [3.63, 3.8) is 0 Å². The lowest BCUT2D eigenvalue weighted by Crippen LogP contribution is -2.35. The van der Waals surface area contributed by atoms with Crippen molar-refractivity contribution in [1.29, 1.82) is 0 Å². The van der Waals surface area contributed by atoms with Gasteiger partial charge in [0.15, 0.2) is 0 Å². The molecule has 0 saturated heterocycles. The van der Waals surface area contributed by atoms with E-state index in [1.807, 2.05) is 32.0 Å². The highest BCUT2D eigenvalue weighted by Gasteiger charge is 2.30. The van der Waals surface area contributed by atoms with E-state index in [0.717, 1.165) is 21.6 Å². The molecule has 8 heteroatoms. The van der Waals surface area contributed by atoms with Crippen molar-refractivity contribution in [3.8, 4) is 0 Å². The van der Waals surface area contributed by atoms with E-state index < -0.39 is 6.09 Å². The van der Waals surface area contributed by atoms with Crippen LogP contribution in [0.25, 0.3) is 0 Å². The molecule has 0 radical (unpaired) electrons. The van der Waals surface area contributed by atoms with Crippen molar-refractivity contribution in [2.24, 2.45) is 0 Å². The molecule has 0 saturated carbocycles. The molecule has 0 unspecified atom stereocenters. The summed E-state index contributed by atoms with van der Waals surface area (Å²) in [4.78, 5) is 39.7. The van der Waals surface area contributed by atoms with Crippen LogP contribution in [0.15, 0.2) is 18.2 Å². The zero-order valence-electron chi connectivity index (χ0n) is 16.3. The predicted octanol–water partition coefficient (Wildman–Crippen LogP) is 3.10. The first kappa shape index (κ1) is 19.9. The highest BCUT2D eigenvalue weighted by molar-refractivity contribution is 7.17. The number of carbonyl (C=O) groups is 3. The molecule has 0 fully saturated rings. The second kappa shape index (κ2) is 8.02. The minimum Gasteiger partial charge on any atom is -0.453 e. The van der Waals surface area contributed by atoms with Crippen LogP contribution in [0, 0.1) is 13.8 Å². The van der Waals surface area contributed by atoms with Gasteiger partial charge in [-0.3, -0.25) is 9.59 Å². The predicted molar refractivity (Wildman–Crippen MR) is 108 cm³/mol. The number of carbonyl (C=O) groups excluding carboxylic acids is 3. The molecule has 7 nitrogen and oxygen atoms in total. The maximum Gasteiger partial charge on any atom is 0.409 e. The van der Waals surface area contributed by atoms with Crippen molar-refractivity contribution < 1.29 is 19.1 Å². The topological polar surface area (TPSA) is 87.7 Å². The van der Waals surface area contributed by atoms with E-state index >= 15 is 0 Å². The average Bonchev–Trinajstić information content (AvgIpc) is 3.05. The molecule has 0 bridgehead atoms. The van der Waals surface area contributed by atoms with Gasteiger partial charge in [0.1, 0.15) is 5.00 Å². The fourth-order valence-electron chi connectivity index (χ4n) is 3.29. The minimum atomic E-state index is -0.401. The summed E-state index contributed by atoms with van der Waals surface area (Å²) in [5, 5.41) is 6.06. The Morgan fingerprint density at radius 3 is 2.61 bits per heavy atom. The molecule has 28 heavy (non-hydrogen) atoms. The minimum absolute atomic E-state index is 0.250. The number of rotatable bonds is 3. The van der Waals surface area contributed by atoms with Crippen LogP contribution in [0.3, 0.4) is 0 Å². The van der Waals surface area contributed by atoms with Gasteiger partial charge >= 0.3 is 6.09 Å². The van der Waals surface area contributed by atoms with Gasteiger partial charge in [-0.05, 0) is 37.5 Å². The lowest BCUT2D eigenvalue weighted by molar-refractivity contribution is 0.0962. The third-order valence-corrected chi connectivity index (χ3v) is 5.94. The Kier molecular flexibility index (Phi) is 5.69. The van der Waals surface area contributed by atoms with E-state index in [1.165, 1.54) is 18.4 Å². The number of aryl methyl sites for hydroxylation is 2. The molecular weight excluding hydrogens is 378 g/mol. The zero-order chi connectivity index (χ0) is 20.4. The molecule has 2 aromatic rings. The molecule has 0 atom stereocenters. The second-order valence-electron chi connectivity index (χ2n) is 6.70. The van der Waals surface area contributed by atoms with Crippen LogP contribution in [-0.4, -0.2) is 43.5 Å². The first-order valence-electron chi connectivity index (χ1n) is 8.93. The maximum atomic E-state index is 12.9. The van der Waals surface area contributed by atoms with E-state index in [-0.39, 0.29) is 11.8 Å². The zero-order valence-corrected chi connectivity index (χ0v) is 17.2. The van der Waals surface area contributed by atoms with Crippen LogP contribution in [0.1, 0.15) is 42.3 Å². The van der Waals surface area contributed by atoms with Gasteiger partial charge < -0.3 is 20.3 Å². The summed E-state index contributed by atoms with van der Waals surface area (Å²) in [5.74, 6) is -0.505. The Bertz CT molecular complexity index is 951. The van der Waals surface area contributed by atoms with Gasteiger partial charge in [-0.1, -0.05) is 17.7 Å². The number of anilines is 1. The standard InChI is InChI=1S/C20H23N3O4S/c1-11-5-6-12(2)14(9-11)17(24)22-19-16(18(25)21-3)13-7-8-23(20(26)27-4)10-15(13)28-19/h5-6,9H,7-8,10H2,1-4H3,(H,21,25)(H,22,24). The number of amides is 3. The number of ether oxygens (including phenoxy) is 1. The molecular formula is C20H23N3O4S. The molecule has 0 spiro atoms. The lowest BCUT2D eigenvalue weighted by Gasteiger charge is -2.25. The van der Waals surface area contributed by atoms with Crippen LogP contribution >= 0.6 is 11.3 Å². The Morgan fingerprint density at radius 1 is 1.18 bits per heavy atom. The van der Waals surface area contributed by atoms with Gasteiger partial charge in [-0.15, -0.1) is 11.3 Å². The first-order chi connectivity index (χ1) is 13.3. The number of benzene rings is 1. The first-order valence-corrected chi connectivity index (χ1v) is 9.75. The van der Waals surface area contributed by atoms with Gasteiger partial charge in [0.2, 0.25) is 0 Å². The van der Waals surface area contributed by atoms with Crippen molar-refractivity contribution >= 4 is 34.2 Å². The smallest absolute Gasteiger partial charge is 0.409 e. The summed E-state index contributed by atoms with van der Waals surface area (Å²) >= 11 is 1.33. The third kappa shape index (κ3) is 3.73. The molecule has 1 aliphatic rings. The molecule has 2 N–H and O–H groups in total. The summed E-state index contributed by atoms with van der Waals surface area (Å²) < 4.78 is 4.80. The highest BCUT2D eigenvalue weighted by atomic mass is 32.1. The van der Waals surface area contributed by atoms with Crippen molar-refractivity contribution in [2.75, 3.05) is 26.0 Å². The van der Waals surface area contributed by atoms with E-state index in [0.29, 0.717) is 35.6 Å². The molecule has 1 aromatic heterocycles. The van der Waals surface area contributed by atoms with E-state index in [4.69, 9.17) is 4.74 Å². The molecule has 3 rings (SSSR count). The highest BCUT2D eigenvalue weighted by Crippen LogP contribution is 2.37. The van der Waals surface area contributed by atoms with E-state index in [9.17, 15) is 14.4 Å². The molecule has 3 amide bonds. The molecule has 1 aromatic carbocycles. The summed E-state index contributed by atoms with van der Waals surface area (Å²) in [7, 11) is 2.91. The molecule has 0 aliphatic carbocycles. The quantitative estimate of drug-likeness (QED) is 0.827. The van der Waals surface area contributed by atoms with Crippen LogP contribution in [0.5, 0.6) is 0 Å². The van der Waals surface area contributed by atoms with Gasteiger partial charge in [0, 0.05) is 24.0 Å². The van der Waals surface area contributed by atoms with Gasteiger partial charge in [-0.25, -0.2) is 4.79 Å². The van der Waals surface area contributed by atoms with Gasteiger partial charge in [0.25, 0.3) is 11.8 Å². The van der Waals surface area contributed by atoms with Crippen LogP contribution in [0.2, 0.25) is 0 Å². The Labute approximate surface area is 167 Å². The maximum absolute atomic E-state index is 12.9. The second-order valence-corrected chi connectivity index (χ2v) is 7.81. The third-order valence-electron chi connectivity index (χ3n) is 4.81. The summed E-state index contributed by atoms with van der Waals surface area (Å²) in [6.45, 7) is 4.62.